The van der Waals surface area contributed by atoms with Crippen molar-refractivity contribution in [1.82, 2.24) is 9.88 Å². The number of thioether (sulfide) groups is 1. The average Bonchev–Trinajstić information content (AvgIpc) is 2.94. The second kappa shape index (κ2) is 13.8. The number of aromatic nitrogens is 1. The summed E-state index contributed by atoms with van der Waals surface area (Å²) in [6.07, 6.45) is 3.46. The third-order valence-electron chi connectivity index (χ3n) is 7.53. The summed E-state index contributed by atoms with van der Waals surface area (Å²) < 4.78 is 26.2. The number of ether oxygens (including phenoxy) is 2. The smallest absolute Gasteiger partial charge is 0.303 e. The molecule has 0 aliphatic carbocycles. The number of fused-ring (bicyclic) bond motifs is 1. The number of alkyl halides is 1. The number of carboxylic acids is 1. The third kappa shape index (κ3) is 7.60. The molecule has 204 valence electrons. The van der Waals surface area contributed by atoms with Crippen molar-refractivity contribution >= 4 is 28.6 Å². The van der Waals surface area contributed by atoms with Gasteiger partial charge in [-0.25, -0.2) is 4.39 Å². The van der Waals surface area contributed by atoms with E-state index in [9.17, 15) is 9.90 Å². The molecular formula is C30H37FN2O4S. The van der Waals surface area contributed by atoms with Gasteiger partial charge < -0.3 is 19.5 Å². The standard InChI is InChI=1S/C30H37FN2O4S/c1-36-23-4-3-5-25(18-23)38-17-16-33-15-13-21(22(20-33)7-11-30(34)35)6-9-28(31)26-12-14-32-29-10-8-24(37-2)19-27(26)29/h3-5,8,10,12,14,18-19,21-22,28H,6-7,9,11,13,15-17,20H2,1-2H3,(H,34,35)/t21?,22?,28-/m0/s1. The topological polar surface area (TPSA) is 71.9 Å². The summed E-state index contributed by atoms with van der Waals surface area (Å²) in [6.45, 7) is 2.76. The van der Waals surface area contributed by atoms with E-state index in [-0.39, 0.29) is 12.3 Å². The van der Waals surface area contributed by atoms with Crippen LogP contribution in [0.3, 0.4) is 0 Å². The molecule has 1 N–H and O–H groups in total. The van der Waals surface area contributed by atoms with Gasteiger partial charge in [0.2, 0.25) is 0 Å². The zero-order chi connectivity index (χ0) is 26.9. The molecule has 38 heavy (non-hydrogen) atoms. The minimum atomic E-state index is -1.11. The molecule has 2 heterocycles. The van der Waals surface area contributed by atoms with Crippen LogP contribution in [0.2, 0.25) is 0 Å². The minimum absolute atomic E-state index is 0.154. The number of likely N-dealkylation sites (tertiary alicyclic amines) is 1. The molecule has 8 heteroatoms. The maximum Gasteiger partial charge on any atom is 0.303 e. The number of aliphatic carboxylic acids is 1. The molecule has 3 aromatic rings. The Morgan fingerprint density at radius 2 is 1.95 bits per heavy atom. The van der Waals surface area contributed by atoms with Crippen molar-refractivity contribution in [2.75, 3.05) is 39.6 Å². The second-order valence-electron chi connectivity index (χ2n) is 9.90. The highest BCUT2D eigenvalue weighted by Gasteiger charge is 2.30. The maximum atomic E-state index is 15.6. The Balaban J connectivity index is 1.34. The number of carboxylic acid groups (broad SMARTS) is 1. The highest BCUT2D eigenvalue weighted by molar-refractivity contribution is 7.99. The Morgan fingerprint density at radius 3 is 2.74 bits per heavy atom. The van der Waals surface area contributed by atoms with E-state index in [4.69, 9.17) is 9.47 Å². The van der Waals surface area contributed by atoms with Gasteiger partial charge in [0.05, 0.1) is 19.7 Å². The SMILES string of the molecule is COc1cccc(SCCN2CCC(CC[C@H](F)c3ccnc4ccc(OC)cc34)C(CCC(=O)O)C2)c1. The van der Waals surface area contributed by atoms with Crippen LogP contribution in [0.15, 0.2) is 59.6 Å². The first-order valence-corrected chi connectivity index (χ1v) is 14.2. The van der Waals surface area contributed by atoms with E-state index in [1.54, 1.807) is 38.2 Å². The van der Waals surface area contributed by atoms with Crippen molar-refractivity contribution in [1.29, 1.82) is 0 Å². The lowest BCUT2D eigenvalue weighted by molar-refractivity contribution is -0.137. The quantitative estimate of drug-likeness (QED) is 0.244. The first-order valence-electron chi connectivity index (χ1n) is 13.2. The van der Waals surface area contributed by atoms with Crippen LogP contribution in [0.25, 0.3) is 10.9 Å². The number of nitrogens with zero attached hydrogens (tertiary/aromatic N) is 2. The largest absolute Gasteiger partial charge is 0.497 e. The molecule has 0 spiro atoms. The molecule has 3 atom stereocenters. The van der Waals surface area contributed by atoms with E-state index in [1.807, 2.05) is 36.4 Å². The van der Waals surface area contributed by atoms with E-state index < -0.39 is 12.1 Å². The van der Waals surface area contributed by atoms with Crippen LogP contribution in [-0.4, -0.2) is 60.6 Å². The predicted octanol–water partition coefficient (Wildman–Crippen LogP) is 6.64. The molecular weight excluding hydrogens is 503 g/mol. The summed E-state index contributed by atoms with van der Waals surface area (Å²) in [5.41, 5.74) is 1.40. The number of piperidine rings is 1. The van der Waals surface area contributed by atoms with Crippen LogP contribution < -0.4 is 9.47 Å². The lowest BCUT2D eigenvalue weighted by Gasteiger charge is -2.39. The summed E-state index contributed by atoms with van der Waals surface area (Å²) in [5.74, 6) is 2.30. The van der Waals surface area contributed by atoms with Crippen LogP contribution in [0.5, 0.6) is 11.5 Å². The minimum Gasteiger partial charge on any atom is -0.497 e. The fourth-order valence-corrected chi connectivity index (χ4v) is 6.38. The van der Waals surface area contributed by atoms with Gasteiger partial charge in [0, 0.05) is 41.7 Å². The number of carbonyl (C=O) groups is 1. The molecule has 1 aliphatic rings. The van der Waals surface area contributed by atoms with E-state index in [2.05, 4.69) is 16.0 Å². The summed E-state index contributed by atoms with van der Waals surface area (Å²) >= 11 is 1.80. The van der Waals surface area contributed by atoms with Gasteiger partial charge in [-0.15, -0.1) is 11.8 Å². The molecule has 0 saturated carbocycles. The van der Waals surface area contributed by atoms with Crippen molar-refractivity contribution < 1.29 is 23.8 Å². The maximum absolute atomic E-state index is 15.6. The summed E-state index contributed by atoms with van der Waals surface area (Å²) in [6, 6.07) is 15.4. The molecule has 0 radical (unpaired) electrons. The third-order valence-corrected chi connectivity index (χ3v) is 8.51. The van der Waals surface area contributed by atoms with E-state index >= 15 is 4.39 Å². The lowest BCUT2D eigenvalue weighted by atomic mass is 9.79. The summed E-state index contributed by atoms with van der Waals surface area (Å²) in [7, 11) is 3.28. The monoisotopic (exact) mass is 540 g/mol. The molecule has 1 aliphatic heterocycles. The number of methoxy groups -OCH3 is 2. The van der Waals surface area contributed by atoms with E-state index in [0.717, 1.165) is 54.9 Å². The Hall–Kier alpha value is -2.84. The van der Waals surface area contributed by atoms with Crippen molar-refractivity contribution in [3.05, 3.63) is 60.3 Å². The lowest BCUT2D eigenvalue weighted by Crippen LogP contribution is -2.41. The summed E-state index contributed by atoms with van der Waals surface area (Å²) in [5, 5.41) is 10.1. The second-order valence-corrected chi connectivity index (χ2v) is 11.1. The highest BCUT2D eigenvalue weighted by atomic mass is 32.2. The molecule has 2 unspecified atom stereocenters. The Morgan fingerprint density at radius 1 is 1.13 bits per heavy atom. The van der Waals surface area contributed by atoms with Gasteiger partial charge in [-0.2, -0.15) is 0 Å². The van der Waals surface area contributed by atoms with Crippen LogP contribution >= 0.6 is 11.8 Å². The Labute approximate surface area is 228 Å². The molecule has 4 rings (SSSR count). The van der Waals surface area contributed by atoms with E-state index in [1.165, 1.54) is 4.90 Å². The number of hydrogen-bond donors (Lipinski definition) is 1. The van der Waals surface area contributed by atoms with Gasteiger partial charge in [0.1, 0.15) is 17.7 Å². The molecule has 6 nitrogen and oxygen atoms in total. The number of benzene rings is 2. The summed E-state index contributed by atoms with van der Waals surface area (Å²) in [4.78, 5) is 19.3. The van der Waals surface area contributed by atoms with Crippen molar-refractivity contribution in [3.8, 4) is 11.5 Å². The fourth-order valence-electron chi connectivity index (χ4n) is 5.42. The average molecular weight is 541 g/mol. The molecule has 1 saturated heterocycles. The normalized spacial score (nSPS) is 18.8. The van der Waals surface area contributed by atoms with Crippen molar-refractivity contribution in [2.24, 2.45) is 11.8 Å². The van der Waals surface area contributed by atoms with Gasteiger partial charge in [0.25, 0.3) is 0 Å². The molecule has 0 amide bonds. The first kappa shape index (κ1) is 28.2. The zero-order valence-corrected chi connectivity index (χ0v) is 23.0. The van der Waals surface area contributed by atoms with Crippen LogP contribution in [-0.2, 0) is 4.79 Å². The van der Waals surface area contributed by atoms with Crippen molar-refractivity contribution in [2.45, 2.75) is 43.2 Å². The number of rotatable bonds is 13. The fraction of sp³-hybridized carbons (Fsp3) is 0.467. The zero-order valence-electron chi connectivity index (χ0n) is 22.1. The Kier molecular flexibility index (Phi) is 10.2. The van der Waals surface area contributed by atoms with Crippen LogP contribution in [0.1, 0.15) is 43.8 Å². The van der Waals surface area contributed by atoms with Gasteiger partial charge in [-0.1, -0.05) is 6.07 Å². The predicted molar refractivity (Wildman–Crippen MR) is 150 cm³/mol. The van der Waals surface area contributed by atoms with Crippen LogP contribution in [0, 0.1) is 11.8 Å². The molecule has 0 bridgehead atoms. The number of pyridine rings is 1. The van der Waals surface area contributed by atoms with E-state index in [0.29, 0.717) is 30.1 Å². The molecule has 1 fully saturated rings. The highest BCUT2D eigenvalue weighted by Crippen LogP contribution is 2.37. The molecule has 1 aromatic heterocycles. The van der Waals surface area contributed by atoms with Crippen molar-refractivity contribution in [3.63, 3.8) is 0 Å². The number of hydrogen-bond acceptors (Lipinski definition) is 6. The van der Waals surface area contributed by atoms with Crippen LogP contribution in [0.4, 0.5) is 4.39 Å². The number of halogens is 1. The van der Waals surface area contributed by atoms with Gasteiger partial charge in [0.15, 0.2) is 0 Å². The van der Waals surface area contributed by atoms with Gasteiger partial charge in [-0.05, 0) is 92.1 Å². The van der Waals surface area contributed by atoms with Gasteiger partial charge >= 0.3 is 5.97 Å². The molecule has 2 aromatic carbocycles. The Bertz CT molecular complexity index is 1210. The first-order chi connectivity index (χ1) is 18.5. The van der Waals surface area contributed by atoms with Gasteiger partial charge in [-0.3, -0.25) is 9.78 Å².